The van der Waals surface area contributed by atoms with E-state index in [1.165, 1.54) is 17.4 Å². The van der Waals surface area contributed by atoms with E-state index >= 15 is 0 Å². The van der Waals surface area contributed by atoms with Crippen molar-refractivity contribution >= 4 is 22.9 Å². The van der Waals surface area contributed by atoms with E-state index in [1.807, 2.05) is 0 Å². The first-order chi connectivity index (χ1) is 9.49. The summed E-state index contributed by atoms with van der Waals surface area (Å²) in [6.45, 7) is 1.75. The zero-order valence-corrected chi connectivity index (χ0v) is 11.2. The van der Waals surface area contributed by atoms with Gasteiger partial charge in [0, 0.05) is 23.2 Å². The zero-order chi connectivity index (χ0) is 14.7. The highest BCUT2D eigenvalue weighted by Crippen LogP contribution is 2.19. The fourth-order valence-corrected chi connectivity index (χ4v) is 2.23. The van der Waals surface area contributed by atoms with Crippen molar-refractivity contribution in [2.75, 3.05) is 0 Å². The quantitative estimate of drug-likeness (QED) is 0.694. The summed E-state index contributed by atoms with van der Waals surface area (Å²) in [5.41, 5.74) is -0.633. The van der Waals surface area contributed by atoms with Crippen molar-refractivity contribution in [2.24, 2.45) is 0 Å². The first-order valence-corrected chi connectivity index (χ1v) is 6.51. The van der Waals surface area contributed by atoms with Gasteiger partial charge in [-0.3, -0.25) is 14.9 Å². The first-order valence-electron chi connectivity index (χ1n) is 5.63. The van der Waals surface area contributed by atoms with Gasteiger partial charge in [-0.05, 0) is 19.1 Å². The summed E-state index contributed by atoms with van der Waals surface area (Å²) in [6, 6.07) is 2.71. The summed E-state index contributed by atoms with van der Waals surface area (Å²) in [5.74, 6) is -1.55. The number of hydrogen-bond acceptors (Lipinski definition) is 5. The van der Waals surface area contributed by atoms with Crippen LogP contribution < -0.4 is 5.32 Å². The number of carbonyl (C=O) groups is 1. The molecule has 0 bridgehead atoms. The lowest BCUT2D eigenvalue weighted by molar-refractivity contribution is -0.387. The molecule has 6 nitrogen and oxygen atoms in total. The van der Waals surface area contributed by atoms with Crippen molar-refractivity contribution in [2.45, 2.75) is 13.0 Å². The second kappa shape index (κ2) is 5.74. The summed E-state index contributed by atoms with van der Waals surface area (Å²) in [7, 11) is 0. The maximum atomic E-state index is 13.4. The highest BCUT2D eigenvalue weighted by molar-refractivity contribution is 7.09. The average molecular weight is 295 g/mol. The minimum atomic E-state index is -1.04. The van der Waals surface area contributed by atoms with E-state index in [0.29, 0.717) is 0 Å². The van der Waals surface area contributed by atoms with Crippen LogP contribution in [0.25, 0.3) is 0 Å². The third kappa shape index (κ3) is 2.97. The standard InChI is InChI=1S/C12H10FN3O3S/c1-7(12-14-4-5-20-12)15-11(17)8-2-3-10(16(18)19)9(13)6-8/h2-7H,1H3,(H,15,17). The Hall–Kier alpha value is -2.35. The molecule has 0 radical (unpaired) electrons. The summed E-state index contributed by atoms with van der Waals surface area (Å²) in [5, 5.41) is 15.6. The number of nitrogens with one attached hydrogen (secondary N) is 1. The Kier molecular flexibility index (Phi) is 4.04. The molecule has 0 saturated heterocycles. The van der Waals surface area contributed by atoms with Crippen LogP contribution in [0.15, 0.2) is 29.8 Å². The summed E-state index contributed by atoms with van der Waals surface area (Å²) < 4.78 is 13.4. The van der Waals surface area contributed by atoms with Gasteiger partial charge in [0.25, 0.3) is 5.91 Å². The molecule has 0 aliphatic carbocycles. The van der Waals surface area contributed by atoms with Gasteiger partial charge in [-0.15, -0.1) is 11.3 Å². The highest BCUT2D eigenvalue weighted by Gasteiger charge is 2.18. The van der Waals surface area contributed by atoms with Crippen molar-refractivity contribution in [3.63, 3.8) is 0 Å². The van der Waals surface area contributed by atoms with E-state index in [4.69, 9.17) is 0 Å². The van der Waals surface area contributed by atoms with Crippen LogP contribution in [0.3, 0.4) is 0 Å². The van der Waals surface area contributed by atoms with Gasteiger partial charge in [-0.2, -0.15) is 4.39 Å². The van der Waals surface area contributed by atoms with Crippen LogP contribution >= 0.6 is 11.3 Å². The van der Waals surface area contributed by atoms with E-state index in [0.717, 1.165) is 17.1 Å². The number of nitrogens with zero attached hydrogens (tertiary/aromatic N) is 2. The Morgan fingerprint density at radius 1 is 1.55 bits per heavy atom. The molecule has 1 heterocycles. The number of nitro groups is 1. The van der Waals surface area contributed by atoms with Gasteiger partial charge in [-0.1, -0.05) is 0 Å². The number of nitro benzene ring substituents is 1. The molecule has 0 spiro atoms. The summed E-state index contributed by atoms with van der Waals surface area (Å²) in [6.07, 6.45) is 1.62. The molecular formula is C12H10FN3O3S. The van der Waals surface area contributed by atoms with Crippen LogP contribution in [0.2, 0.25) is 0 Å². The van der Waals surface area contributed by atoms with Crippen LogP contribution in [0.5, 0.6) is 0 Å². The molecule has 20 heavy (non-hydrogen) atoms. The Balaban J connectivity index is 2.14. The van der Waals surface area contributed by atoms with Crippen molar-refractivity contribution in [3.05, 3.63) is 56.3 Å². The molecule has 1 aromatic carbocycles. The second-order valence-electron chi connectivity index (χ2n) is 3.99. The molecule has 2 aromatic rings. The molecule has 0 saturated carbocycles. The molecule has 8 heteroatoms. The maximum Gasteiger partial charge on any atom is 0.304 e. The van der Waals surface area contributed by atoms with Gasteiger partial charge in [0.15, 0.2) is 0 Å². The fourth-order valence-electron chi connectivity index (χ4n) is 1.59. The van der Waals surface area contributed by atoms with E-state index < -0.39 is 22.3 Å². The fraction of sp³-hybridized carbons (Fsp3) is 0.167. The minimum absolute atomic E-state index is 0.0245. The average Bonchev–Trinajstić information content (AvgIpc) is 2.91. The Morgan fingerprint density at radius 3 is 2.85 bits per heavy atom. The largest absolute Gasteiger partial charge is 0.343 e. The maximum absolute atomic E-state index is 13.4. The number of rotatable bonds is 4. The number of halogens is 1. The molecular weight excluding hydrogens is 285 g/mol. The van der Waals surface area contributed by atoms with Crippen LogP contribution in [-0.4, -0.2) is 15.8 Å². The minimum Gasteiger partial charge on any atom is -0.343 e. The zero-order valence-electron chi connectivity index (χ0n) is 10.4. The van der Waals surface area contributed by atoms with E-state index in [9.17, 15) is 19.3 Å². The van der Waals surface area contributed by atoms with Crippen LogP contribution in [0, 0.1) is 15.9 Å². The SMILES string of the molecule is CC(NC(=O)c1ccc([N+](=O)[O-])c(F)c1)c1nccs1. The predicted octanol–water partition coefficient (Wildman–Crippen LogP) is 2.68. The van der Waals surface area contributed by atoms with Crippen molar-refractivity contribution < 1.29 is 14.1 Å². The van der Waals surface area contributed by atoms with Gasteiger partial charge in [0.1, 0.15) is 5.01 Å². The van der Waals surface area contributed by atoms with Gasteiger partial charge >= 0.3 is 5.69 Å². The first kappa shape index (κ1) is 14.1. The van der Waals surface area contributed by atoms with Crippen molar-refractivity contribution in [1.29, 1.82) is 0 Å². The summed E-state index contributed by atoms with van der Waals surface area (Å²) >= 11 is 1.39. The Morgan fingerprint density at radius 2 is 2.30 bits per heavy atom. The smallest absolute Gasteiger partial charge is 0.304 e. The van der Waals surface area contributed by atoms with Gasteiger partial charge in [0.05, 0.1) is 11.0 Å². The van der Waals surface area contributed by atoms with E-state index in [-0.39, 0.29) is 11.6 Å². The Bertz CT molecular complexity index is 645. The number of thiazole rings is 1. The highest BCUT2D eigenvalue weighted by atomic mass is 32.1. The molecule has 1 amide bonds. The molecule has 0 aliphatic rings. The van der Waals surface area contributed by atoms with Crippen molar-refractivity contribution in [1.82, 2.24) is 10.3 Å². The lowest BCUT2D eigenvalue weighted by Crippen LogP contribution is -2.26. The molecule has 1 atom stereocenters. The number of benzene rings is 1. The second-order valence-corrected chi connectivity index (χ2v) is 4.91. The normalized spacial score (nSPS) is 11.9. The van der Waals surface area contributed by atoms with Gasteiger partial charge in [0.2, 0.25) is 5.82 Å². The molecule has 0 fully saturated rings. The Labute approximate surface area is 117 Å². The topological polar surface area (TPSA) is 85.1 Å². The van der Waals surface area contributed by atoms with E-state index in [2.05, 4.69) is 10.3 Å². The monoisotopic (exact) mass is 295 g/mol. The summed E-state index contributed by atoms with van der Waals surface area (Å²) in [4.78, 5) is 25.6. The van der Waals surface area contributed by atoms with Gasteiger partial charge in [-0.25, -0.2) is 4.98 Å². The third-order valence-electron chi connectivity index (χ3n) is 2.58. The lowest BCUT2D eigenvalue weighted by Gasteiger charge is -2.11. The number of amides is 1. The molecule has 1 aromatic heterocycles. The van der Waals surface area contributed by atoms with Crippen molar-refractivity contribution in [3.8, 4) is 0 Å². The lowest BCUT2D eigenvalue weighted by atomic mass is 10.1. The molecule has 104 valence electrons. The van der Waals surface area contributed by atoms with Gasteiger partial charge < -0.3 is 5.32 Å². The number of aromatic nitrogens is 1. The van der Waals surface area contributed by atoms with E-state index in [1.54, 1.807) is 18.5 Å². The van der Waals surface area contributed by atoms with Crippen LogP contribution in [0.1, 0.15) is 28.3 Å². The predicted molar refractivity (Wildman–Crippen MR) is 71.0 cm³/mol. The van der Waals surface area contributed by atoms with Crippen LogP contribution in [0.4, 0.5) is 10.1 Å². The number of hydrogen-bond donors (Lipinski definition) is 1. The third-order valence-corrected chi connectivity index (χ3v) is 3.53. The molecule has 2 rings (SSSR count). The molecule has 0 aliphatic heterocycles. The molecule has 1 N–H and O–H groups in total. The number of carbonyl (C=O) groups excluding carboxylic acids is 1. The molecule has 1 unspecified atom stereocenters. The van der Waals surface area contributed by atoms with Crippen LogP contribution in [-0.2, 0) is 0 Å².